The molecule has 0 bridgehead atoms. The highest BCUT2D eigenvalue weighted by atomic mass is 32.2. The summed E-state index contributed by atoms with van der Waals surface area (Å²) in [6.07, 6.45) is 1.52. The molecule has 9 nitrogen and oxygen atoms in total. The fourth-order valence-electron chi connectivity index (χ4n) is 2.69. The van der Waals surface area contributed by atoms with Gasteiger partial charge in [-0.15, -0.1) is 11.3 Å². The van der Waals surface area contributed by atoms with Crippen LogP contribution in [0.1, 0.15) is 24.3 Å². The van der Waals surface area contributed by atoms with Crippen LogP contribution in [0.5, 0.6) is 5.75 Å². The van der Waals surface area contributed by atoms with Crippen LogP contribution in [0, 0.1) is 0 Å². The molecule has 1 amide bonds. The lowest BCUT2D eigenvalue weighted by Gasteiger charge is -2.15. The number of amides is 1. The van der Waals surface area contributed by atoms with Crippen molar-refractivity contribution < 1.29 is 23.0 Å². The number of aromatic nitrogens is 2. The van der Waals surface area contributed by atoms with Gasteiger partial charge in [-0.1, -0.05) is 0 Å². The molecule has 0 fully saturated rings. The van der Waals surface area contributed by atoms with Crippen molar-refractivity contribution in [2.45, 2.75) is 24.8 Å². The van der Waals surface area contributed by atoms with Gasteiger partial charge < -0.3 is 24.7 Å². The van der Waals surface area contributed by atoms with E-state index < -0.39 is 11.1 Å². The molecular formula is C21H24N4O5S2. The SMILES string of the molecule is COCCNC(=O)c1ccc(-c2csc(Nc3cc(S(=O)O)ccc3OC(C)C)n2)cn1. The standard InChI is InChI=1S/C21H24N4O5S2/c1-13(2)30-19-7-5-15(32(27)28)10-17(19)24-21-25-18(12-31-21)14-4-6-16(23-11-14)20(26)22-8-9-29-3/h4-7,10-13H,8-9H2,1-3H3,(H,22,26)(H,24,25)(H,27,28). The van der Waals surface area contributed by atoms with Crippen molar-refractivity contribution in [3.05, 3.63) is 47.6 Å². The second-order valence-corrected chi connectivity index (χ2v) is 8.75. The van der Waals surface area contributed by atoms with Gasteiger partial charge in [0.2, 0.25) is 0 Å². The van der Waals surface area contributed by atoms with Gasteiger partial charge in [0.15, 0.2) is 16.2 Å². The van der Waals surface area contributed by atoms with E-state index in [-0.39, 0.29) is 16.9 Å². The molecule has 0 saturated heterocycles. The lowest BCUT2D eigenvalue weighted by atomic mass is 10.2. The number of hydrogen-bond donors (Lipinski definition) is 3. The lowest BCUT2D eigenvalue weighted by Crippen LogP contribution is -2.27. The monoisotopic (exact) mass is 476 g/mol. The van der Waals surface area contributed by atoms with Gasteiger partial charge >= 0.3 is 0 Å². The van der Waals surface area contributed by atoms with Crippen LogP contribution in [0.3, 0.4) is 0 Å². The smallest absolute Gasteiger partial charge is 0.269 e. The number of rotatable bonds is 10. The summed E-state index contributed by atoms with van der Waals surface area (Å²) in [6, 6.07) is 8.18. The number of nitrogens with one attached hydrogen (secondary N) is 2. The number of ether oxygens (including phenoxy) is 2. The van der Waals surface area contributed by atoms with E-state index in [1.54, 1.807) is 43.6 Å². The molecule has 11 heteroatoms. The van der Waals surface area contributed by atoms with E-state index in [1.165, 1.54) is 11.3 Å². The predicted octanol–water partition coefficient (Wildman–Crippen LogP) is 3.69. The highest BCUT2D eigenvalue weighted by molar-refractivity contribution is 7.79. The Morgan fingerprint density at radius 3 is 2.75 bits per heavy atom. The topological polar surface area (TPSA) is 123 Å². The van der Waals surface area contributed by atoms with Crippen LogP contribution in [0.25, 0.3) is 11.3 Å². The Balaban J connectivity index is 1.75. The van der Waals surface area contributed by atoms with E-state index in [0.29, 0.717) is 41.1 Å². The number of carbonyl (C=O) groups is 1. The van der Waals surface area contributed by atoms with Crippen molar-refractivity contribution in [3.63, 3.8) is 0 Å². The van der Waals surface area contributed by atoms with Crippen LogP contribution in [-0.2, 0) is 15.8 Å². The van der Waals surface area contributed by atoms with Crippen molar-refractivity contribution >= 4 is 39.1 Å². The molecule has 2 heterocycles. The molecule has 32 heavy (non-hydrogen) atoms. The third-order valence-corrected chi connectivity index (χ3v) is 5.56. The maximum absolute atomic E-state index is 12.1. The van der Waals surface area contributed by atoms with Crippen LogP contribution < -0.4 is 15.4 Å². The molecule has 0 saturated carbocycles. The molecule has 170 valence electrons. The third kappa shape index (κ3) is 6.33. The predicted molar refractivity (Wildman–Crippen MR) is 124 cm³/mol. The summed E-state index contributed by atoms with van der Waals surface area (Å²) in [5, 5.41) is 8.32. The molecule has 0 aliphatic heterocycles. The average molecular weight is 477 g/mol. The number of methoxy groups -OCH3 is 1. The van der Waals surface area contributed by atoms with Crippen molar-refractivity contribution in [1.29, 1.82) is 0 Å². The number of pyridine rings is 1. The van der Waals surface area contributed by atoms with Gasteiger partial charge in [0, 0.05) is 30.8 Å². The Morgan fingerprint density at radius 1 is 1.28 bits per heavy atom. The normalized spacial score (nSPS) is 11.9. The van der Waals surface area contributed by atoms with Crippen molar-refractivity contribution in [2.75, 3.05) is 25.6 Å². The summed E-state index contributed by atoms with van der Waals surface area (Å²) >= 11 is -0.744. The molecule has 2 aromatic heterocycles. The highest BCUT2D eigenvalue weighted by Gasteiger charge is 2.13. The summed E-state index contributed by atoms with van der Waals surface area (Å²) in [6.45, 7) is 4.64. The minimum Gasteiger partial charge on any atom is -0.489 e. The van der Waals surface area contributed by atoms with Gasteiger partial charge in [-0.25, -0.2) is 9.19 Å². The van der Waals surface area contributed by atoms with Crippen LogP contribution in [0.4, 0.5) is 10.8 Å². The van der Waals surface area contributed by atoms with Gasteiger partial charge in [-0.3, -0.25) is 9.78 Å². The maximum atomic E-state index is 12.1. The fraction of sp³-hybridized carbons (Fsp3) is 0.286. The van der Waals surface area contributed by atoms with Crippen LogP contribution in [-0.4, -0.2) is 51.0 Å². The number of anilines is 2. The molecule has 0 aliphatic rings. The van der Waals surface area contributed by atoms with Crippen LogP contribution in [0.2, 0.25) is 0 Å². The minimum atomic E-state index is -2.11. The van der Waals surface area contributed by atoms with E-state index in [2.05, 4.69) is 20.6 Å². The Bertz CT molecular complexity index is 1090. The Kier molecular flexibility index (Phi) is 8.28. The van der Waals surface area contributed by atoms with E-state index >= 15 is 0 Å². The van der Waals surface area contributed by atoms with E-state index in [9.17, 15) is 13.6 Å². The molecule has 3 rings (SSSR count). The minimum absolute atomic E-state index is 0.0656. The van der Waals surface area contributed by atoms with Crippen LogP contribution in [0.15, 0.2) is 46.8 Å². The summed E-state index contributed by atoms with van der Waals surface area (Å²) in [5.41, 5.74) is 2.29. The van der Waals surface area contributed by atoms with Gasteiger partial charge in [0.25, 0.3) is 5.91 Å². The van der Waals surface area contributed by atoms with E-state index in [0.717, 1.165) is 5.56 Å². The zero-order chi connectivity index (χ0) is 23.1. The number of thiazole rings is 1. The Labute approximate surface area is 192 Å². The van der Waals surface area contributed by atoms with Crippen molar-refractivity contribution in [3.8, 4) is 17.0 Å². The average Bonchev–Trinajstić information content (AvgIpc) is 3.23. The zero-order valence-electron chi connectivity index (χ0n) is 17.8. The first-order valence-corrected chi connectivity index (χ1v) is 11.7. The number of benzene rings is 1. The summed E-state index contributed by atoms with van der Waals surface area (Å²) in [7, 11) is 1.57. The zero-order valence-corrected chi connectivity index (χ0v) is 19.5. The largest absolute Gasteiger partial charge is 0.489 e. The molecule has 1 aromatic carbocycles. The second-order valence-electron chi connectivity index (χ2n) is 6.92. The quantitative estimate of drug-likeness (QED) is 0.299. The molecule has 0 spiro atoms. The lowest BCUT2D eigenvalue weighted by molar-refractivity contribution is 0.0932. The Hall–Kier alpha value is -2.86. The van der Waals surface area contributed by atoms with Gasteiger partial charge in [-0.2, -0.15) is 0 Å². The number of nitrogens with zero attached hydrogens (tertiary/aromatic N) is 2. The molecule has 3 N–H and O–H groups in total. The van der Waals surface area contributed by atoms with Gasteiger partial charge in [-0.05, 0) is 44.2 Å². The van der Waals surface area contributed by atoms with Crippen LogP contribution >= 0.6 is 11.3 Å². The number of carbonyl (C=O) groups excluding carboxylic acids is 1. The fourth-order valence-corrected chi connectivity index (χ4v) is 3.82. The maximum Gasteiger partial charge on any atom is 0.269 e. The molecule has 1 atom stereocenters. The summed E-state index contributed by atoms with van der Waals surface area (Å²) < 4.78 is 31.6. The Morgan fingerprint density at radius 2 is 2.09 bits per heavy atom. The number of hydrogen-bond acceptors (Lipinski definition) is 8. The highest BCUT2D eigenvalue weighted by Crippen LogP contribution is 2.33. The van der Waals surface area contributed by atoms with Gasteiger partial charge in [0.1, 0.15) is 11.4 Å². The third-order valence-electron chi connectivity index (χ3n) is 4.14. The van der Waals surface area contributed by atoms with Crippen molar-refractivity contribution in [1.82, 2.24) is 15.3 Å². The first kappa shape index (κ1) is 23.8. The van der Waals surface area contributed by atoms with Crippen molar-refractivity contribution in [2.24, 2.45) is 0 Å². The first-order chi connectivity index (χ1) is 15.4. The molecular weight excluding hydrogens is 452 g/mol. The first-order valence-electron chi connectivity index (χ1n) is 9.75. The second kappa shape index (κ2) is 11.1. The molecule has 0 aliphatic carbocycles. The summed E-state index contributed by atoms with van der Waals surface area (Å²) in [5.74, 6) is 0.282. The van der Waals surface area contributed by atoms with E-state index in [4.69, 9.17) is 9.47 Å². The molecule has 3 aromatic rings. The van der Waals surface area contributed by atoms with Gasteiger partial charge in [0.05, 0.1) is 29.0 Å². The van der Waals surface area contributed by atoms with E-state index in [1.807, 2.05) is 19.2 Å². The molecule has 1 unspecified atom stereocenters. The summed E-state index contributed by atoms with van der Waals surface area (Å²) in [4.78, 5) is 21.1. The molecule has 0 radical (unpaired) electrons.